The van der Waals surface area contributed by atoms with Gasteiger partial charge in [0.05, 0.1) is 49.1 Å². The van der Waals surface area contributed by atoms with Crippen molar-refractivity contribution in [1.82, 2.24) is 58.6 Å². The molecule has 3 aromatic heterocycles. The minimum absolute atomic E-state index is 0.0487. The summed E-state index contributed by atoms with van der Waals surface area (Å²) < 4.78 is 214. The van der Waals surface area contributed by atoms with Gasteiger partial charge in [-0.15, -0.1) is 0 Å². The number of nitrogens with one attached hydrogen (secondary N) is 4. The summed E-state index contributed by atoms with van der Waals surface area (Å²) in [5, 5.41) is 31.0. The molecule has 40 heteroatoms. The van der Waals surface area contributed by atoms with Gasteiger partial charge in [-0.1, -0.05) is 91.0 Å². The summed E-state index contributed by atoms with van der Waals surface area (Å²) in [6.07, 6.45) is 11.1. The Labute approximate surface area is 786 Å². The lowest BCUT2D eigenvalue weighted by Gasteiger charge is -2.41. The Hall–Kier alpha value is -11.3. The number of aliphatic hydroxyl groups is 1. The number of amides is 3. The number of nitrogens with two attached hydrogens (primary N) is 1. The monoisotopic (exact) mass is 1960 g/mol. The summed E-state index contributed by atoms with van der Waals surface area (Å²) in [5.41, 5.74) is 15.3. The van der Waals surface area contributed by atoms with E-state index >= 15 is 0 Å². The molecule has 0 bridgehead atoms. The van der Waals surface area contributed by atoms with Crippen LogP contribution < -0.4 is 27.0 Å². The van der Waals surface area contributed by atoms with E-state index in [0.717, 1.165) is 156 Å². The van der Waals surface area contributed by atoms with Crippen LogP contribution in [0.2, 0.25) is 0 Å². The molecule has 728 valence electrons. The van der Waals surface area contributed by atoms with Gasteiger partial charge in [-0.3, -0.25) is 14.6 Å². The Morgan fingerprint density at radius 3 is 1.25 bits per heavy atom. The van der Waals surface area contributed by atoms with E-state index < -0.39 is 119 Å². The molecule has 137 heavy (non-hydrogen) atoms. The van der Waals surface area contributed by atoms with Crippen LogP contribution in [0.5, 0.6) is 0 Å². The number of aliphatic hydroxyl groups excluding tert-OH is 1. The van der Waals surface area contributed by atoms with Crippen LogP contribution in [0.4, 0.5) is 49.5 Å². The average molecular weight is 1960 g/mol. The Balaban J connectivity index is 0.000000122. The maximum absolute atomic E-state index is 14.9. The minimum Gasteiger partial charge on any atom is -0.445 e. The lowest BCUT2D eigenvalue weighted by Crippen LogP contribution is -2.51. The third-order valence-electron chi connectivity index (χ3n) is 28.1. The molecule has 7 N–H and O–H groups in total. The molecule has 8 aliphatic carbocycles. The molecule has 0 unspecified atom stereocenters. The number of rotatable bonds is 18. The maximum Gasteiger partial charge on any atom is 0.407 e. The number of alkyl carbamates (subject to hydrolysis) is 3. The van der Waals surface area contributed by atoms with Crippen LogP contribution >= 0.6 is 0 Å². The number of carbonyl (C=O) groups is 4. The van der Waals surface area contributed by atoms with Crippen LogP contribution in [-0.2, 0) is 118 Å². The molecule has 29 nitrogen and oxygen atoms in total. The number of aromatic nitrogens is 6. The highest BCUT2D eigenvalue weighted by Crippen LogP contribution is 2.65. The molecule has 7 heterocycles. The average Bonchev–Trinajstić information content (AvgIpc) is 1.55. The van der Waals surface area contributed by atoms with Gasteiger partial charge in [0.25, 0.3) is 30.1 Å². The number of Topliss-reactive ketones (excluding diaryl/α,β-unsaturated/α-hetero) is 1. The van der Waals surface area contributed by atoms with Gasteiger partial charge in [-0.05, 0) is 186 Å². The Bertz CT molecular complexity index is 6420. The second-order valence-electron chi connectivity index (χ2n) is 37.1. The first-order valence-corrected chi connectivity index (χ1v) is 50.8. The summed E-state index contributed by atoms with van der Waals surface area (Å²) in [7, 11) is -9.04. The van der Waals surface area contributed by atoms with Crippen LogP contribution in [0.1, 0.15) is 148 Å². The van der Waals surface area contributed by atoms with Crippen LogP contribution in [0.25, 0.3) is 0 Å². The van der Waals surface area contributed by atoms with E-state index in [1.807, 2.05) is 91.0 Å². The second kappa shape index (κ2) is 40.2. The number of ketones is 1. The molecule has 8 saturated carbocycles. The highest BCUT2D eigenvalue weighted by Gasteiger charge is 2.66. The number of nitrogens with zero attached hydrogens (tertiary/aromatic N) is 8. The van der Waals surface area contributed by atoms with Crippen molar-refractivity contribution in [2.24, 2.45) is 53.1 Å². The van der Waals surface area contributed by atoms with E-state index in [-0.39, 0.29) is 132 Å². The van der Waals surface area contributed by atoms with Gasteiger partial charge in [0.2, 0.25) is 0 Å². The Kier molecular flexibility index (Phi) is 28.6. The van der Waals surface area contributed by atoms with Gasteiger partial charge in [0.1, 0.15) is 72.1 Å². The quantitative estimate of drug-likeness (QED) is 0.0343. The molecule has 18 atom stereocenters. The lowest BCUT2D eigenvalue weighted by atomic mass is 9.76. The number of hydrogen-bond donors (Lipinski definition) is 6. The lowest BCUT2D eigenvalue weighted by molar-refractivity contribution is -0.195. The summed E-state index contributed by atoms with van der Waals surface area (Å²) in [4.78, 5) is 54.3. The molecule has 1 spiro atoms. The molecule has 9 fully saturated rings. The fraction of sp³-hybridized carbons (Fsp3) is 0.433. The SMILES string of the molecule is CO.CS(=O)(=O)n1cc2c(n1)CN([C@@H]1C[C@H](N)[C@@H](c3cc(F)ccc3F)[C@@H]3C[C@@H]31)C2.CS(=O)(=O)n1cc2c(n1)CN([C@@H]1C[C@H](NC(=O)OCc3ccccc3)[C@@H](c3cc(F)ccc3F)[C@@H]3C[C@@H]31)C2.CS(=O)(=O)n1cc2c(n1)CNC2.O=C(N[C@H]1CC(=O)[C@H]2C[C@H]2[C@@H]1c1cc(F)ccc1F)OCc1ccccc1.O=C(N[C@H]1CC2(OCCO2)[C@H]2C[C@H]2[C@@H]1c1cc(F)ccc1F)OCc1ccccc1. The van der Waals surface area contributed by atoms with Crippen LogP contribution in [0.15, 0.2) is 182 Å². The predicted molar refractivity (Wildman–Crippen MR) is 482 cm³/mol. The van der Waals surface area contributed by atoms with Gasteiger partial charge < -0.3 is 55.8 Å². The number of carbonyl (C=O) groups excluding carboxylic acids is 4. The topological polar surface area (TPSA) is 371 Å². The maximum atomic E-state index is 14.9. The molecule has 22 rings (SSSR count). The van der Waals surface area contributed by atoms with Crippen LogP contribution in [0.3, 0.4) is 0 Å². The van der Waals surface area contributed by atoms with Gasteiger partial charge in [-0.25, -0.2) is 74.8 Å². The molecular weight excluding hydrogens is 1850 g/mol. The Morgan fingerprint density at radius 2 is 0.825 bits per heavy atom. The first-order chi connectivity index (χ1) is 65.5. The van der Waals surface area contributed by atoms with Crippen LogP contribution in [-0.4, -0.2) is 173 Å². The first kappa shape index (κ1) is 97.3. The van der Waals surface area contributed by atoms with E-state index in [9.17, 15) is 79.6 Å². The normalized spacial score (nSPS) is 26.9. The third kappa shape index (κ3) is 22.0. The predicted octanol–water partition coefficient (Wildman–Crippen LogP) is 12.6. The highest BCUT2D eigenvalue weighted by atomic mass is 32.2. The smallest absolute Gasteiger partial charge is 0.407 e. The van der Waals surface area contributed by atoms with Crippen LogP contribution in [0, 0.1) is 93.9 Å². The van der Waals surface area contributed by atoms with Crippen molar-refractivity contribution in [1.29, 1.82) is 0 Å². The molecular formula is C97H105F8N13O16S3. The number of halogens is 8. The van der Waals surface area contributed by atoms with E-state index in [1.165, 1.54) is 24.3 Å². The zero-order valence-corrected chi connectivity index (χ0v) is 77.6. The fourth-order valence-electron chi connectivity index (χ4n) is 21.8. The highest BCUT2D eigenvalue weighted by molar-refractivity contribution is 7.89. The van der Waals surface area contributed by atoms with Crippen molar-refractivity contribution >= 4 is 54.1 Å². The largest absolute Gasteiger partial charge is 0.445 e. The van der Waals surface area contributed by atoms with E-state index in [0.29, 0.717) is 89.6 Å². The van der Waals surface area contributed by atoms with Crippen molar-refractivity contribution in [3.05, 3.63) is 302 Å². The summed E-state index contributed by atoms with van der Waals surface area (Å²) in [5.74, 6) is -4.92. The van der Waals surface area contributed by atoms with Gasteiger partial charge >= 0.3 is 18.3 Å². The zero-order chi connectivity index (χ0) is 96.8. The van der Waals surface area contributed by atoms with Crippen molar-refractivity contribution < 1.29 is 108 Å². The molecule has 10 aromatic rings. The van der Waals surface area contributed by atoms with E-state index in [4.69, 9.17) is 34.5 Å². The molecule has 0 radical (unpaired) electrons. The third-order valence-corrected chi connectivity index (χ3v) is 30.7. The fourth-order valence-corrected chi connectivity index (χ4v) is 23.5. The summed E-state index contributed by atoms with van der Waals surface area (Å²) >= 11 is 0. The van der Waals surface area contributed by atoms with Crippen molar-refractivity contribution in [3.63, 3.8) is 0 Å². The molecule has 1 saturated heterocycles. The Morgan fingerprint density at radius 1 is 0.445 bits per heavy atom. The first-order valence-electron chi connectivity index (χ1n) is 45.3. The molecule has 12 aliphatic rings. The zero-order valence-electron chi connectivity index (χ0n) is 75.1. The summed E-state index contributed by atoms with van der Waals surface area (Å²) in [6.45, 7) is 4.97. The number of benzene rings is 7. The van der Waals surface area contributed by atoms with E-state index in [1.54, 1.807) is 18.6 Å². The number of hydrogen-bond acceptors (Lipinski definition) is 23. The second-order valence-corrected chi connectivity index (χ2v) is 42.6. The van der Waals surface area contributed by atoms with Gasteiger partial charge in [0, 0.05) is 166 Å². The van der Waals surface area contributed by atoms with Crippen molar-refractivity contribution in [3.8, 4) is 0 Å². The molecule has 7 aromatic carbocycles. The molecule has 4 aliphatic heterocycles. The van der Waals surface area contributed by atoms with E-state index in [2.05, 4.69) is 46.4 Å². The van der Waals surface area contributed by atoms with Crippen molar-refractivity contribution in [2.45, 2.75) is 176 Å². The van der Waals surface area contributed by atoms with Crippen molar-refractivity contribution in [2.75, 3.05) is 39.1 Å². The summed E-state index contributed by atoms with van der Waals surface area (Å²) in [6, 6.07) is 40.2. The minimum atomic E-state index is -3.46. The van der Waals surface area contributed by atoms with Gasteiger partial charge in [-0.2, -0.15) is 27.6 Å². The standard InChI is InChI=1S/C27H28F2N4O4S.C23H23F2NO4.C21H19F2NO3.C19H22F2N4O2S.C6H9N3O2S.CH4O/c1-38(35,36)33-13-17-12-32(14-24(17)31-33)25-11-23(30-27(34)37-15-16-5-3-2-4-6-16)26(20-10-19(20)25)21-9-18(28)7-8-22(21)29;24-15-6-7-19(25)17(10-15)21-16-11-18(16)23(29-8-9-30-23)12-20(21)26-22(27)28-13-14-4-2-1-3-5-14;22-13-6-7-17(23)16(8-13)20-15-9-14(15)19(25)10-18(20)24-21(26)27-11-12-4-2-1-3-5-12;1-28(26,27)25-8-10-7-24(9-17(10)23-25)18-6-16(22)19(13-5-12(13)18)14-4-11(20)2-3-15(14)21;1-12(10,11)9-4-5-2-7-3-6(5)8-9;1-2/h2-9,13,19-20,23,25-26H,10-12,14-15H2,1H3,(H,30,34);1-7,10,16,18,20-21H,8-9,11-13H2,(H,26,27);1-8,14-15,18,20H,9-11H2,(H,24,26);2-4,8,12-13,16,18-19H,5-7,9,22H2,1H3;4,7H,2-3H2,1H3;2H,1H3/t19-,20+,23-,25+,26+;16-,18+,20+,21-;14-,15+,18-,20+;12-,13+,16-,18+,19+;;/m0100../s1. The molecule has 3 amide bonds. The van der Waals surface area contributed by atoms with Gasteiger partial charge in [0.15, 0.2) is 5.79 Å². The number of ether oxygens (including phenoxy) is 5. The number of fused-ring (bicyclic) bond motifs is 8.